The highest BCUT2D eigenvalue weighted by atomic mass is 32.2. The Hall–Kier alpha value is -0.550. The fraction of sp³-hybridized carbons (Fsp3) is 0.714. The number of thiazole rings is 1. The first-order chi connectivity index (χ1) is 9.33. The Morgan fingerprint density at radius 3 is 3.21 bits per heavy atom. The monoisotopic (exact) mass is 295 g/mol. The summed E-state index contributed by atoms with van der Waals surface area (Å²) < 4.78 is 0. The van der Waals surface area contributed by atoms with Gasteiger partial charge in [0.25, 0.3) is 0 Å². The molecule has 2 heterocycles. The Morgan fingerprint density at radius 2 is 2.37 bits per heavy atom. The summed E-state index contributed by atoms with van der Waals surface area (Å²) >= 11 is 3.64. The number of aromatic nitrogens is 1. The second kappa shape index (κ2) is 6.27. The molecular weight excluding hydrogens is 274 g/mol. The summed E-state index contributed by atoms with van der Waals surface area (Å²) in [6.07, 6.45) is 7.39. The Bertz CT molecular complexity index is 430. The number of nitrogens with one attached hydrogen (secondary N) is 1. The van der Waals surface area contributed by atoms with Crippen molar-refractivity contribution in [3.05, 3.63) is 16.6 Å². The summed E-state index contributed by atoms with van der Waals surface area (Å²) in [4.78, 5) is 9.13. The fourth-order valence-electron chi connectivity index (χ4n) is 2.85. The molecule has 0 bridgehead atoms. The highest BCUT2D eigenvalue weighted by Crippen LogP contribution is 2.31. The number of hydrogen-bond donors (Lipinski definition) is 1. The first-order valence-corrected chi connectivity index (χ1v) is 9.02. The molecular formula is C14H21N3S2. The molecule has 1 N–H and O–H groups in total. The van der Waals surface area contributed by atoms with Crippen LogP contribution in [-0.4, -0.2) is 28.5 Å². The Balaban J connectivity index is 1.56. The van der Waals surface area contributed by atoms with Crippen LogP contribution in [0.25, 0.3) is 0 Å². The van der Waals surface area contributed by atoms with Crippen molar-refractivity contribution >= 4 is 28.3 Å². The average molecular weight is 295 g/mol. The van der Waals surface area contributed by atoms with Crippen molar-refractivity contribution in [3.63, 3.8) is 0 Å². The number of fused-ring (bicyclic) bond motifs is 1. The number of aliphatic imine (C=N–C) groups is 1. The molecule has 1 aliphatic carbocycles. The van der Waals surface area contributed by atoms with Gasteiger partial charge in [0.1, 0.15) is 0 Å². The van der Waals surface area contributed by atoms with Crippen molar-refractivity contribution in [2.24, 2.45) is 10.9 Å². The third kappa shape index (κ3) is 3.31. The SMILES string of the molecule is CC(CN=C1NC2CCCCC2CS1)c1nccs1. The molecule has 1 saturated carbocycles. The molecule has 1 aromatic rings. The van der Waals surface area contributed by atoms with Gasteiger partial charge in [-0.15, -0.1) is 11.3 Å². The second-order valence-corrected chi connectivity index (χ2v) is 7.46. The molecule has 2 fully saturated rings. The van der Waals surface area contributed by atoms with Gasteiger partial charge in [0.05, 0.1) is 11.6 Å². The molecule has 19 heavy (non-hydrogen) atoms. The maximum atomic E-state index is 4.77. The fourth-order valence-corrected chi connectivity index (χ4v) is 4.71. The van der Waals surface area contributed by atoms with Gasteiger partial charge in [0, 0.05) is 29.3 Å². The van der Waals surface area contributed by atoms with Gasteiger partial charge in [-0.05, 0) is 18.8 Å². The predicted molar refractivity (Wildman–Crippen MR) is 84.2 cm³/mol. The molecule has 5 heteroatoms. The molecule has 3 unspecified atom stereocenters. The molecule has 3 nitrogen and oxygen atoms in total. The minimum atomic E-state index is 0.430. The lowest BCUT2D eigenvalue weighted by atomic mass is 9.86. The highest BCUT2D eigenvalue weighted by Gasteiger charge is 2.30. The van der Waals surface area contributed by atoms with E-state index >= 15 is 0 Å². The maximum Gasteiger partial charge on any atom is 0.156 e. The van der Waals surface area contributed by atoms with Gasteiger partial charge < -0.3 is 5.32 Å². The molecule has 0 aromatic carbocycles. The smallest absolute Gasteiger partial charge is 0.156 e. The summed E-state index contributed by atoms with van der Waals surface area (Å²) in [5, 5.41) is 8.05. The van der Waals surface area contributed by atoms with Gasteiger partial charge in [-0.2, -0.15) is 0 Å². The van der Waals surface area contributed by atoms with Crippen LogP contribution in [-0.2, 0) is 0 Å². The van der Waals surface area contributed by atoms with E-state index < -0.39 is 0 Å². The lowest BCUT2D eigenvalue weighted by Crippen LogP contribution is -2.46. The van der Waals surface area contributed by atoms with Crippen LogP contribution < -0.4 is 5.32 Å². The Morgan fingerprint density at radius 1 is 1.47 bits per heavy atom. The van der Waals surface area contributed by atoms with Crippen LogP contribution in [0.2, 0.25) is 0 Å². The number of hydrogen-bond acceptors (Lipinski definition) is 4. The van der Waals surface area contributed by atoms with Gasteiger partial charge >= 0.3 is 0 Å². The quantitative estimate of drug-likeness (QED) is 0.927. The van der Waals surface area contributed by atoms with Gasteiger partial charge in [-0.1, -0.05) is 31.5 Å². The van der Waals surface area contributed by atoms with Gasteiger partial charge in [0.15, 0.2) is 5.17 Å². The van der Waals surface area contributed by atoms with Crippen LogP contribution in [0.1, 0.15) is 43.5 Å². The number of nitrogens with zero attached hydrogens (tertiary/aromatic N) is 2. The van der Waals surface area contributed by atoms with E-state index in [0.717, 1.165) is 17.6 Å². The van der Waals surface area contributed by atoms with Gasteiger partial charge in [0.2, 0.25) is 0 Å². The van der Waals surface area contributed by atoms with Crippen LogP contribution in [0.4, 0.5) is 0 Å². The second-order valence-electron chi connectivity index (χ2n) is 5.52. The summed E-state index contributed by atoms with van der Waals surface area (Å²) in [6.45, 7) is 3.06. The number of thioether (sulfide) groups is 1. The molecule has 0 amide bonds. The van der Waals surface area contributed by atoms with Crippen molar-refractivity contribution in [3.8, 4) is 0 Å². The molecule has 3 atom stereocenters. The summed E-state index contributed by atoms with van der Waals surface area (Å²) in [5.74, 6) is 2.55. The normalized spacial score (nSPS) is 30.7. The molecule has 2 aliphatic rings. The molecule has 0 spiro atoms. The lowest BCUT2D eigenvalue weighted by Gasteiger charge is -2.36. The third-order valence-electron chi connectivity index (χ3n) is 4.03. The molecule has 104 valence electrons. The summed E-state index contributed by atoms with van der Waals surface area (Å²) in [5.41, 5.74) is 0. The van der Waals surface area contributed by atoms with Crippen LogP contribution >= 0.6 is 23.1 Å². The zero-order valence-corrected chi connectivity index (χ0v) is 13.0. The number of rotatable bonds is 3. The van der Waals surface area contributed by atoms with Crippen LogP contribution in [0, 0.1) is 5.92 Å². The Labute approximate surface area is 123 Å². The molecule has 1 aliphatic heterocycles. The van der Waals surface area contributed by atoms with E-state index in [0.29, 0.717) is 12.0 Å². The van der Waals surface area contributed by atoms with Crippen molar-refractivity contribution in [2.45, 2.75) is 44.6 Å². The van der Waals surface area contributed by atoms with Crippen molar-refractivity contribution in [2.75, 3.05) is 12.3 Å². The van der Waals surface area contributed by atoms with Crippen molar-refractivity contribution in [1.29, 1.82) is 0 Å². The standard InChI is InChI=1S/C14H21N3S2/c1-10(13-15-6-7-18-13)8-16-14-17-12-5-3-2-4-11(12)9-19-14/h6-7,10-12H,2-5,8-9H2,1H3,(H,16,17). The molecule has 1 saturated heterocycles. The number of amidine groups is 1. The van der Waals surface area contributed by atoms with E-state index in [1.54, 1.807) is 11.3 Å². The summed E-state index contributed by atoms with van der Waals surface area (Å²) in [7, 11) is 0. The van der Waals surface area contributed by atoms with Crippen LogP contribution in [0.3, 0.4) is 0 Å². The van der Waals surface area contributed by atoms with E-state index in [-0.39, 0.29) is 0 Å². The zero-order valence-electron chi connectivity index (χ0n) is 11.3. The minimum Gasteiger partial charge on any atom is -0.362 e. The first kappa shape index (κ1) is 13.4. The van der Waals surface area contributed by atoms with E-state index in [1.165, 1.54) is 36.4 Å². The largest absolute Gasteiger partial charge is 0.362 e. The zero-order chi connectivity index (χ0) is 13.1. The summed E-state index contributed by atoms with van der Waals surface area (Å²) in [6, 6.07) is 0.684. The lowest BCUT2D eigenvalue weighted by molar-refractivity contribution is 0.311. The molecule has 0 radical (unpaired) electrons. The predicted octanol–water partition coefficient (Wildman–Crippen LogP) is 3.50. The molecule has 1 aromatic heterocycles. The first-order valence-electron chi connectivity index (χ1n) is 7.16. The third-order valence-corrected chi connectivity index (χ3v) is 6.16. The van der Waals surface area contributed by atoms with Crippen LogP contribution in [0.15, 0.2) is 16.6 Å². The van der Waals surface area contributed by atoms with Crippen molar-refractivity contribution in [1.82, 2.24) is 10.3 Å². The minimum absolute atomic E-state index is 0.430. The van der Waals surface area contributed by atoms with Gasteiger partial charge in [-0.25, -0.2) is 4.98 Å². The van der Waals surface area contributed by atoms with E-state index in [2.05, 4.69) is 17.2 Å². The van der Waals surface area contributed by atoms with E-state index in [4.69, 9.17) is 4.99 Å². The highest BCUT2D eigenvalue weighted by molar-refractivity contribution is 8.13. The maximum absolute atomic E-state index is 4.77. The van der Waals surface area contributed by atoms with E-state index in [9.17, 15) is 0 Å². The van der Waals surface area contributed by atoms with E-state index in [1.807, 2.05) is 23.3 Å². The van der Waals surface area contributed by atoms with Crippen LogP contribution in [0.5, 0.6) is 0 Å². The van der Waals surface area contributed by atoms with Gasteiger partial charge in [-0.3, -0.25) is 4.99 Å². The topological polar surface area (TPSA) is 37.3 Å². The Kier molecular flexibility index (Phi) is 4.43. The average Bonchev–Trinajstić information content (AvgIpc) is 2.99. The van der Waals surface area contributed by atoms with Crippen molar-refractivity contribution < 1.29 is 0 Å². The molecule has 3 rings (SSSR count).